The van der Waals surface area contributed by atoms with Crippen molar-refractivity contribution < 1.29 is 38.9 Å². The zero-order chi connectivity index (χ0) is 33.1. The molecule has 5 aromatic rings. The molecule has 13 nitrogen and oxygen atoms in total. The molecule has 45 heavy (non-hydrogen) atoms. The van der Waals surface area contributed by atoms with E-state index in [0.717, 1.165) is 22.5 Å². The number of nitrogens with zero attached hydrogens (tertiary/aromatic N) is 3. The number of hydrogen-bond acceptors (Lipinski definition) is 11. The highest BCUT2D eigenvalue weighted by Crippen LogP contribution is 2.42. The normalized spacial score (nSPS) is 12.4. The van der Waals surface area contributed by atoms with Gasteiger partial charge in [-0.3, -0.25) is 18.6 Å². The molecule has 0 saturated heterocycles. The van der Waals surface area contributed by atoms with Gasteiger partial charge in [0.15, 0.2) is 5.13 Å². The van der Waals surface area contributed by atoms with Gasteiger partial charge in [-0.25, -0.2) is 9.97 Å². The zero-order valence-corrected chi connectivity index (χ0v) is 27.3. The maximum atomic E-state index is 11.8. The zero-order valence-electron chi connectivity index (χ0n) is 24.0. The summed E-state index contributed by atoms with van der Waals surface area (Å²) in [5.74, 6) is 0.740. The van der Waals surface area contributed by atoms with E-state index in [9.17, 15) is 38.9 Å². The molecule has 0 spiro atoms. The summed E-state index contributed by atoms with van der Waals surface area (Å²) in [5, 5.41) is 3.54. The molecule has 3 aromatic carbocycles. The van der Waals surface area contributed by atoms with Gasteiger partial charge in [-0.2, -0.15) is 25.3 Å². The highest BCUT2D eigenvalue weighted by Gasteiger charge is 2.24. The van der Waals surface area contributed by atoms with Gasteiger partial charge in [-0.1, -0.05) is 11.3 Å². The van der Waals surface area contributed by atoms with Gasteiger partial charge in [-0.15, -0.1) is 0 Å². The van der Waals surface area contributed by atoms with E-state index in [0.29, 0.717) is 49.5 Å². The smallest absolute Gasteiger partial charge is 0.294 e. The highest BCUT2D eigenvalue weighted by atomic mass is 32.2. The molecule has 0 aliphatic carbocycles. The van der Waals surface area contributed by atoms with Crippen LogP contribution in [0.2, 0.25) is 0 Å². The summed E-state index contributed by atoms with van der Waals surface area (Å²) >= 11 is 1.10. The number of anilines is 5. The summed E-state index contributed by atoms with van der Waals surface area (Å²) in [6.45, 7) is 6.99. The van der Waals surface area contributed by atoms with Crippen molar-refractivity contribution in [3.63, 3.8) is 0 Å². The van der Waals surface area contributed by atoms with Crippen molar-refractivity contribution >= 4 is 80.0 Å². The van der Waals surface area contributed by atoms with Crippen molar-refractivity contribution in [2.24, 2.45) is 0 Å². The fourth-order valence-corrected chi connectivity index (χ4v) is 7.27. The number of aromatic nitrogens is 2. The number of rotatable bonds is 8. The van der Waals surface area contributed by atoms with E-state index >= 15 is 0 Å². The number of pyridine rings is 1. The maximum absolute atomic E-state index is 11.8. The van der Waals surface area contributed by atoms with Crippen molar-refractivity contribution in [3.05, 3.63) is 82.9 Å². The largest absolute Gasteiger partial charge is 0.340 e. The Morgan fingerprint density at radius 1 is 0.667 bits per heavy atom. The molecule has 0 aliphatic heterocycles. The maximum Gasteiger partial charge on any atom is 0.294 e. The van der Waals surface area contributed by atoms with Crippen LogP contribution in [-0.2, 0) is 30.4 Å². The van der Waals surface area contributed by atoms with Crippen LogP contribution in [0.3, 0.4) is 0 Å². The highest BCUT2D eigenvalue weighted by molar-refractivity contribution is 7.86. The van der Waals surface area contributed by atoms with E-state index in [1.807, 2.05) is 13.8 Å². The quantitative estimate of drug-likeness (QED) is 0.141. The molecule has 0 unspecified atom stereocenters. The van der Waals surface area contributed by atoms with Gasteiger partial charge in [0.2, 0.25) is 0 Å². The van der Waals surface area contributed by atoms with Crippen molar-refractivity contribution in [2.75, 3.05) is 10.2 Å². The molecule has 0 atom stereocenters. The molecule has 0 saturated carbocycles. The minimum Gasteiger partial charge on any atom is -0.340 e. The van der Waals surface area contributed by atoms with Gasteiger partial charge in [0.05, 0.1) is 30.6 Å². The average molecular weight is 691 g/mol. The lowest BCUT2D eigenvalue weighted by molar-refractivity contribution is 0.481. The monoisotopic (exact) mass is 690 g/mol. The van der Waals surface area contributed by atoms with Crippen LogP contribution in [0.4, 0.5) is 28.1 Å². The number of thiazole rings is 1. The lowest BCUT2D eigenvalue weighted by Gasteiger charge is -2.25. The Morgan fingerprint density at radius 2 is 1.22 bits per heavy atom. The fraction of sp³-hybridized carbons (Fsp3) is 0.143. The van der Waals surface area contributed by atoms with Crippen molar-refractivity contribution in [3.8, 4) is 0 Å². The first-order chi connectivity index (χ1) is 20.8. The van der Waals surface area contributed by atoms with E-state index in [1.54, 1.807) is 24.8 Å². The van der Waals surface area contributed by atoms with Crippen LogP contribution in [0, 0.1) is 27.7 Å². The topological polar surface area (TPSA) is 204 Å². The summed E-state index contributed by atoms with van der Waals surface area (Å²) in [7, 11) is -13.4. The lowest BCUT2D eigenvalue weighted by Crippen LogP contribution is -2.15. The van der Waals surface area contributed by atoms with E-state index in [1.165, 1.54) is 54.6 Å². The number of benzene rings is 3. The SMILES string of the molecule is Cc1cc(S(=O)(=O)O)ccc1Nc1nc(N(c2nc3ccc(S(=O)(=O)O)cc3s2)c2ccc(S(=O)(=O)O)cc2C)cc(C)c1C. The lowest BCUT2D eigenvalue weighted by atomic mass is 10.1. The Morgan fingerprint density at radius 3 is 1.80 bits per heavy atom. The standard InChI is InChI=1S/C28H26N4O9S4/c1-15-13-26(31-27(18(15)4)29-22-8-5-19(11-16(22)2)43(33,34)35)32(24-10-7-20(12-17(24)3)44(36,37)38)28-30-23-9-6-21(45(39,40)41)14-25(23)42-28/h5-14H,1-4H3,(H,29,31)(H,33,34,35)(H,36,37,38)(H,39,40,41). The first kappa shape index (κ1) is 32.4. The molecule has 17 heteroatoms. The van der Waals surface area contributed by atoms with Crippen LogP contribution in [0.15, 0.2) is 75.4 Å². The van der Waals surface area contributed by atoms with Crippen LogP contribution in [0.25, 0.3) is 10.2 Å². The minimum atomic E-state index is -4.50. The summed E-state index contributed by atoms with van der Waals surface area (Å²) in [6.07, 6.45) is 0. The number of aryl methyl sites for hydroxylation is 3. The number of nitrogens with one attached hydrogen (secondary N) is 1. The first-order valence-corrected chi connectivity index (χ1v) is 18.1. The predicted molar refractivity (Wildman–Crippen MR) is 170 cm³/mol. The Balaban J connectivity index is 1.70. The van der Waals surface area contributed by atoms with Crippen molar-refractivity contribution in [2.45, 2.75) is 42.4 Å². The van der Waals surface area contributed by atoms with Gasteiger partial charge in [0, 0.05) is 5.69 Å². The molecular formula is C28H26N4O9S4. The van der Waals surface area contributed by atoms with E-state index in [-0.39, 0.29) is 14.7 Å². The molecule has 4 N–H and O–H groups in total. The molecule has 0 fully saturated rings. The summed E-state index contributed by atoms with van der Waals surface area (Å²) in [4.78, 5) is 10.3. The molecular weight excluding hydrogens is 665 g/mol. The fourth-order valence-electron chi connectivity index (χ4n) is 4.53. The molecule has 5 rings (SSSR count). The molecule has 2 heterocycles. The molecule has 0 aliphatic rings. The Labute approximate surface area is 263 Å². The van der Waals surface area contributed by atoms with Crippen LogP contribution in [0.5, 0.6) is 0 Å². The minimum absolute atomic E-state index is 0.261. The molecule has 2 aromatic heterocycles. The molecule has 0 radical (unpaired) electrons. The van der Waals surface area contributed by atoms with E-state index < -0.39 is 30.4 Å². The second-order valence-electron chi connectivity index (χ2n) is 10.2. The van der Waals surface area contributed by atoms with Crippen LogP contribution >= 0.6 is 11.3 Å². The first-order valence-electron chi connectivity index (χ1n) is 12.9. The van der Waals surface area contributed by atoms with E-state index in [4.69, 9.17) is 4.98 Å². The van der Waals surface area contributed by atoms with E-state index in [2.05, 4.69) is 10.3 Å². The van der Waals surface area contributed by atoms with Crippen LogP contribution in [-0.4, -0.2) is 48.9 Å². The van der Waals surface area contributed by atoms with Gasteiger partial charge >= 0.3 is 0 Å². The third kappa shape index (κ3) is 6.69. The summed E-state index contributed by atoms with van der Waals surface area (Å²) in [5.41, 5.74) is 3.91. The number of hydrogen-bond donors (Lipinski definition) is 4. The Bertz CT molecular complexity index is 2340. The Hall–Kier alpha value is -3.97. The van der Waals surface area contributed by atoms with Crippen LogP contribution < -0.4 is 10.2 Å². The van der Waals surface area contributed by atoms with Crippen molar-refractivity contribution in [1.29, 1.82) is 0 Å². The predicted octanol–water partition coefficient (Wildman–Crippen LogP) is 5.88. The molecule has 236 valence electrons. The molecule has 0 amide bonds. The van der Waals surface area contributed by atoms with Crippen molar-refractivity contribution in [1.82, 2.24) is 9.97 Å². The molecule has 0 bridgehead atoms. The second-order valence-corrected chi connectivity index (χ2v) is 15.5. The van der Waals surface area contributed by atoms with Gasteiger partial charge < -0.3 is 5.32 Å². The van der Waals surface area contributed by atoms with Crippen LogP contribution in [0.1, 0.15) is 22.3 Å². The summed E-state index contributed by atoms with van der Waals surface area (Å²) < 4.78 is 99.4. The summed E-state index contributed by atoms with van der Waals surface area (Å²) in [6, 6.07) is 13.8. The third-order valence-electron chi connectivity index (χ3n) is 7.04. The van der Waals surface area contributed by atoms with Gasteiger partial charge in [0.25, 0.3) is 30.4 Å². The Kier molecular flexibility index (Phi) is 8.24. The average Bonchev–Trinajstić information content (AvgIpc) is 3.34. The third-order valence-corrected chi connectivity index (χ3v) is 10.6. The van der Waals surface area contributed by atoms with Gasteiger partial charge in [0.1, 0.15) is 11.6 Å². The number of fused-ring (bicyclic) bond motifs is 1. The van der Waals surface area contributed by atoms with Gasteiger partial charge in [-0.05, 0) is 111 Å². The second kappa shape index (κ2) is 11.4.